The first-order chi connectivity index (χ1) is 7.34. The summed E-state index contributed by atoms with van der Waals surface area (Å²) in [6, 6.07) is 1.88. The van der Waals surface area contributed by atoms with Gasteiger partial charge in [-0.25, -0.2) is 8.78 Å². The van der Waals surface area contributed by atoms with E-state index in [2.05, 4.69) is 0 Å². The van der Waals surface area contributed by atoms with E-state index in [1.165, 1.54) is 0 Å². The molecule has 0 saturated carbocycles. The molecule has 0 bridgehead atoms. The minimum atomic E-state index is -1.79. The number of benzene rings is 1. The molecule has 0 spiro atoms. The van der Waals surface area contributed by atoms with Crippen molar-refractivity contribution in [1.29, 1.82) is 0 Å². The molecule has 0 amide bonds. The highest BCUT2D eigenvalue weighted by atomic mass is 19.2. The summed E-state index contributed by atoms with van der Waals surface area (Å²) in [5.74, 6) is -1.91. The highest BCUT2D eigenvalue weighted by Crippen LogP contribution is 2.23. The van der Waals surface area contributed by atoms with Gasteiger partial charge in [-0.3, -0.25) is 0 Å². The molecular weight excluding hydrogens is 213 g/mol. The maximum atomic E-state index is 13.1. The van der Waals surface area contributed by atoms with E-state index >= 15 is 0 Å². The monoisotopic (exact) mass is 228 g/mol. The van der Waals surface area contributed by atoms with Crippen molar-refractivity contribution in [2.75, 3.05) is 0 Å². The molecule has 88 valence electrons. The smallest absolute Gasteiger partial charge is 0.423 e. The van der Waals surface area contributed by atoms with E-state index in [9.17, 15) is 8.78 Å². The predicted octanol–water partition coefficient (Wildman–Crippen LogP) is 1.40. The lowest BCUT2D eigenvalue weighted by Gasteiger charge is -2.20. The molecule has 0 saturated heterocycles. The van der Waals surface area contributed by atoms with Crippen LogP contribution in [0.15, 0.2) is 12.1 Å². The van der Waals surface area contributed by atoms with Crippen LogP contribution in [0, 0.1) is 17.6 Å². The fourth-order valence-electron chi connectivity index (χ4n) is 1.55. The summed E-state index contributed by atoms with van der Waals surface area (Å²) in [5.41, 5.74) is 0.462. The maximum absolute atomic E-state index is 13.1. The van der Waals surface area contributed by atoms with E-state index < -0.39 is 18.8 Å². The summed E-state index contributed by atoms with van der Waals surface area (Å²) in [6.07, 6.45) is 0. The minimum Gasteiger partial charge on any atom is -0.423 e. The van der Waals surface area contributed by atoms with Gasteiger partial charge in [-0.15, -0.1) is 0 Å². The third kappa shape index (κ3) is 2.60. The van der Waals surface area contributed by atoms with Crippen LogP contribution >= 0.6 is 0 Å². The Kier molecular flexibility index (Phi) is 4.05. The summed E-state index contributed by atoms with van der Waals surface area (Å²) in [5, 5.41) is 18.2. The second-order valence-corrected chi connectivity index (χ2v) is 4.30. The van der Waals surface area contributed by atoms with Crippen molar-refractivity contribution in [3.63, 3.8) is 0 Å². The Labute approximate surface area is 94.1 Å². The molecule has 16 heavy (non-hydrogen) atoms. The van der Waals surface area contributed by atoms with Crippen molar-refractivity contribution in [3.05, 3.63) is 29.3 Å². The third-order valence-corrected chi connectivity index (χ3v) is 2.89. The van der Waals surface area contributed by atoms with Crippen LogP contribution in [0.1, 0.15) is 32.3 Å². The largest absolute Gasteiger partial charge is 0.488 e. The van der Waals surface area contributed by atoms with Gasteiger partial charge in [0, 0.05) is 0 Å². The van der Waals surface area contributed by atoms with Crippen LogP contribution in [0.5, 0.6) is 0 Å². The van der Waals surface area contributed by atoms with Crippen LogP contribution in [0.25, 0.3) is 0 Å². The Bertz CT molecular complexity index is 380. The molecule has 1 aromatic carbocycles. The highest BCUT2D eigenvalue weighted by Gasteiger charge is 2.23. The standard InChI is InChI=1S/C11H15BF2O2/c1-6(2)7(3)8-4-10(13)11(14)5-9(8)12(15)16/h4-7,15-16H,1-3H3. The van der Waals surface area contributed by atoms with Crippen LogP contribution in [0.3, 0.4) is 0 Å². The van der Waals surface area contributed by atoms with Gasteiger partial charge >= 0.3 is 7.12 Å². The SMILES string of the molecule is CC(C)C(C)c1cc(F)c(F)cc1B(O)O. The van der Waals surface area contributed by atoms with E-state index in [4.69, 9.17) is 10.0 Å². The normalized spacial score (nSPS) is 13.0. The first-order valence-electron chi connectivity index (χ1n) is 5.19. The van der Waals surface area contributed by atoms with Gasteiger partial charge in [0.05, 0.1) is 0 Å². The van der Waals surface area contributed by atoms with E-state index in [1.807, 2.05) is 20.8 Å². The predicted molar refractivity (Wildman–Crippen MR) is 59.4 cm³/mol. The van der Waals surface area contributed by atoms with Gasteiger partial charge in [-0.2, -0.15) is 0 Å². The molecule has 1 aromatic rings. The molecule has 5 heteroatoms. The Morgan fingerprint density at radius 2 is 1.56 bits per heavy atom. The van der Waals surface area contributed by atoms with Crippen molar-refractivity contribution in [1.82, 2.24) is 0 Å². The maximum Gasteiger partial charge on any atom is 0.488 e. The zero-order valence-corrected chi connectivity index (χ0v) is 9.54. The Morgan fingerprint density at radius 1 is 1.06 bits per heavy atom. The number of hydrogen-bond donors (Lipinski definition) is 2. The van der Waals surface area contributed by atoms with Crippen molar-refractivity contribution in [2.45, 2.75) is 26.7 Å². The first kappa shape index (κ1) is 13.1. The molecule has 0 radical (unpaired) electrons. The van der Waals surface area contributed by atoms with E-state index in [-0.39, 0.29) is 17.3 Å². The van der Waals surface area contributed by atoms with Gasteiger partial charge in [0.1, 0.15) is 0 Å². The second kappa shape index (κ2) is 4.93. The molecule has 0 aliphatic rings. The highest BCUT2D eigenvalue weighted by molar-refractivity contribution is 6.59. The number of rotatable bonds is 3. The molecule has 0 aliphatic heterocycles. The van der Waals surface area contributed by atoms with E-state index in [0.717, 1.165) is 12.1 Å². The van der Waals surface area contributed by atoms with Gasteiger partial charge in [0.25, 0.3) is 0 Å². The lowest BCUT2D eigenvalue weighted by atomic mass is 9.72. The third-order valence-electron chi connectivity index (χ3n) is 2.89. The summed E-state index contributed by atoms with van der Waals surface area (Å²) in [6.45, 7) is 5.70. The van der Waals surface area contributed by atoms with Crippen LogP contribution < -0.4 is 5.46 Å². The van der Waals surface area contributed by atoms with Gasteiger partial charge in [0.2, 0.25) is 0 Å². The van der Waals surface area contributed by atoms with Crippen LogP contribution in [-0.2, 0) is 0 Å². The first-order valence-corrected chi connectivity index (χ1v) is 5.19. The number of hydrogen-bond acceptors (Lipinski definition) is 2. The molecule has 2 nitrogen and oxygen atoms in total. The molecule has 1 unspecified atom stereocenters. The minimum absolute atomic E-state index is 0.0279. The van der Waals surface area contributed by atoms with Gasteiger partial charge in [0.15, 0.2) is 11.6 Å². The Balaban J connectivity index is 3.30. The Hall–Kier alpha value is -0.935. The topological polar surface area (TPSA) is 40.5 Å². The van der Waals surface area contributed by atoms with Gasteiger partial charge < -0.3 is 10.0 Å². The summed E-state index contributed by atoms with van der Waals surface area (Å²) in [4.78, 5) is 0. The Morgan fingerprint density at radius 3 is 2.00 bits per heavy atom. The fraction of sp³-hybridized carbons (Fsp3) is 0.455. The summed E-state index contributed by atoms with van der Waals surface area (Å²) in [7, 11) is -1.79. The average molecular weight is 228 g/mol. The van der Waals surface area contributed by atoms with Gasteiger partial charge in [-0.1, -0.05) is 20.8 Å². The summed E-state index contributed by atoms with van der Waals surface area (Å²) >= 11 is 0. The van der Waals surface area contributed by atoms with E-state index in [1.54, 1.807) is 0 Å². The van der Waals surface area contributed by atoms with Crippen molar-refractivity contribution < 1.29 is 18.8 Å². The van der Waals surface area contributed by atoms with Crippen molar-refractivity contribution in [2.24, 2.45) is 5.92 Å². The molecule has 1 rings (SSSR count). The van der Waals surface area contributed by atoms with Crippen molar-refractivity contribution >= 4 is 12.6 Å². The molecular formula is C11H15BF2O2. The zero-order chi connectivity index (χ0) is 12.5. The van der Waals surface area contributed by atoms with Crippen LogP contribution in [-0.4, -0.2) is 17.2 Å². The lowest BCUT2D eigenvalue weighted by Crippen LogP contribution is -2.35. The average Bonchev–Trinajstić information content (AvgIpc) is 2.19. The van der Waals surface area contributed by atoms with Crippen molar-refractivity contribution in [3.8, 4) is 0 Å². The molecule has 0 fully saturated rings. The summed E-state index contributed by atoms with van der Waals surface area (Å²) < 4.78 is 26.1. The molecule has 0 aliphatic carbocycles. The van der Waals surface area contributed by atoms with Crippen LogP contribution in [0.4, 0.5) is 8.78 Å². The fourth-order valence-corrected chi connectivity index (χ4v) is 1.55. The molecule has 2 N–H and O–H groups in total. The van der Waals surface area contributed by atoms with Crippen LogP contribution in [0.2, 0.25) is 0 Å². The van der Waals surface area contributed by atoms with Gasteiger partial charge in [-0.05, 0) is 35.0 Å². The van der Waals surface area contributed by atoms with E-state index in [0.29, 0.717) is 5.56 Å². The molecule has 0 aromatic heterocycles. The quantitative estimate of drug-likeness (QED) is 0.767. The number of halogens is 2. The lowest BCUT2D eigenvalue weighted by molar-refractivity contribution is 0.422. The zero-order valence-electron chi connectivity index (χ0n) is 9.54. The molecule has 0 heterocycles. The second-order valence-electron chi connectivity index (χ2n) is 4.30. The molecule has 1 atom stereocenters.